The molecule has 1 amide bonds. The number of allylic oxidation sites excluding steroid dienone is 1. The first-order chi connectivity index (χ1) is 12.1. The van der Waals surface area contributed by atoms with Gasteiger partial charge in [0.2, 0.25) is 5.95 Å². The van der Waals surface area contributed by atoms with Gasteiger partial charge in [0, 0.05) is 29.4 Å². The van der Waals surface area contributed by atoms with Crippen LogP contribution in [0.15, 0.2) is 36.9 Å². The highest BCUT2D eigenvalue weighted by molar-refractivity contribution is 5.99. The number of carbonyl (C=O) groups excluding carboxylic acids is 1. The van der Waals surface area contributed by atoms with Gasteiger partial charge in [0.1, 0.15) is 5.52 Å². The average molecular weight is 336 g/mol. The second kappa shape index (κ2) is 5.81. The van der Waals surface area contributed by atoms with E-state index in [2.05, 4.69) is 26.8 Å². The fraction of sp³-hybridized carbons (Fsp3) is 0.211. The number of para-hydroxylation sites is 1. The number of benzene rings is 1. The van der Waals surface area contributed by atoms with E-state index in [1.807, 2.05) is 18.2 Å². The Morgan fingerprint density at radius 2 is 2.20 bits per heavy atom. The molecule has 0 bridgehead atoms. The van der Waals surface area contributed by atoms with Gasteiger partial charge in [-0.05, 0) is 25.5 Å². The first-order valence-corrected chi connectivity index (χ1v) is 8.13. The summed E-state index contributed by atoms with van der Waals surface area (Å²) in [5, 5.41) is 2.90. The summed E-state index contributed by atoms with van der Waals surface area (Å²) in [5.41, 5.74) is 4.33. The molecule has 3 aromatic rings. The number of hydrogen-bond acceptors (Lipinski definition) is 3. The number of hydrogen-bond donors (Lipinski definition) is 2. The van der Waals surface area contributed by atoms with Gasteiger partial charge in [-0.1, -0.05) is 18.2 Å². The molecule has 0 radical (unpaired) electrons. The van der Waals surface area contributed by atoms with Gasteiger partial charge in [-0.25, -0.2) is 9.97 Å². The normalized spacial score (nSPS) is 16.6. The molecule has 0 aliphatic carbocycles. The van der Waals surface area contributed by atoms with E-state index >= 15 is 0 Å². The Hall–Kier alpha value is -3.02. The van der Waals surface area contributed by atoms with Gasteiger partial charge in [-0.3, -0.25) is 4.79 Å². The molecule has 0 saturated carbocycles. The number of H-pyrrole nitrogens is 1. The highest BCUT2D eigenvalue weighted by Crippen LogP contribution is 2.33. The van der Waals surface area contributed by atoms with Crippen LogP contribution in [0.5, 0.6) is 0 Å². The first-order valence-electron chi connectivity index (χ1n) is 8.13. The quantitative estimate of drug-likeness (QED) is 0.720. The van der Waals surface area contributed by atoms with Crippen molar-refractivity contribution in [2.45, 2.75) is 19.3 Å². The zero-order chi connectivity index (χ0) is 17.6. The number of carbonyl (C=O) groups is 1. The molecule has 0 spiro atoms. The summed E-state index contributed by atoms with van der Waals surface area (Å²) in [6, 6.07) is 7.30. The highest BCUT2D eigenvalue weighted by atomic mass is 19.1. The summed E-state index contributed by atoms with van der Waals surface area (Å²) in [5.74, 6) is -0.538. The van der Waals surface area contributed by atoms with Gasteiger partial charge in [-0.15, -0.1) is 6.58 Å². The Balaban J connectivity index is 1.90. The molecule has 2 aromatic heterocycles. The van der Waals surface area contributed by atoms with Crippen molar-refractivity contribution in [3.63, 3.8) is 0 Å². The number of aromatic nitrogens is 3. The van der Waals surface area contributed by atoms with E-state index in [0.717, 1.165) is 23.4 Å². The SMILES string of the molecule is C=CC[C@H]1CNC(=O)c2cc(-c3cccc4nc(C)c(F)nc34)[nH]c21. The number of nitrogens with one attached hydrogen (secondary N) is 2. The topological polar surface area (TPSA) is 70.7 Å². The Labute approximate surface area is 144 Å². The van der Waals surface area contributed by atoms with Gasteiger partial charge in [0.05, 0.1) is 16.8 Å². The lowest BCUT2D eigenvalue weighted by Crippen LogP contribution is -2.34. The first kappa shape index (κ1) is 15.5. The molecule has 0 fully saturated rings. The summed E-state index contributed by atoms with van der Waals surface area (Å²) >= 11 is 0. The van der Waals surface area contributed by atoms with E-state index in [1.165, 1.54) is 0 Å². The number of fused-ring (bicyclic) bond motifs is 2. The van der Waals surface area contributed by atoms with E-state index in [9.17, 15) is 9.18 Å². The van der Waals surface area contributed by atoms with Crippen LogP contribution in [0.25, 0.3) is 22.3 Å². The minimum atomic E-state index is -0.585. The predicted molar refractivity (Wildman–Crippen MR) is 93.9 cm³/mol. The second-order valence-corrected chi connectivity index (χ2v) is 6.21. The number of nitrogens with zero attached hydrogens (tertiary/aromatic N) is 2. The van der Waals surface area contributed by atoms with Crippen LogP contribution in [0, 0.1) is 12.9 Å². The third kappa shape index (κ3) is 2.50. The van der Waals surface area contributed by atoms with Crippen LogP contribution >= 0.6 is 0 Å². The third-order valence-electron chi connectivity index (χ3n) is 4.56. The van der Waals surface area contributed by atoms with Crippen LogP contribution in [0.1, 0.15) is 34.1 Å². The molecule has 4 rings (SSSR count). The number of amides is 1. The lowest BCUT2D eigenvalue weighted by Gasteiger charge is -2.21. The fourth-order valence-electron chi connectivity index (χ4n) is 3.30. The Kier molecular flexibility index (Phi) is 3.60. The van der Waals surface area contributed by atoms with E-state index < -0.39 is 5.95 Å². The van der Waals surface area contributed by atoms with Gasteiger partial charge in [-0.2, -0.15) is 4.39 Å². The van der Waals surface area contributed by atoms with Gasteiger partial charge >= 0.3 is 0 Å². The van der Waals surface area contributed by atoms with Gasteiger partial charge in [0.15, 0.2) is 0 Å². The Morgan fingerprint density at radius 1 is 1.36 bits per heavy atom. The molecule has 25 heavy (non-hydrogen) atoms. The molecular formula is C19H17FN4O. The van der Waals surface area contributed by atoms with Crippen LogP contribution in [-0.4, -0.2) is 27.4 Å². The lowest BCUT2D eigenvalue weighted by atomic mass is 9.94. The van der Waals surface area contributed by atoms with Gasteiger partial charge < -0.3 is 10.3 Å². The maximum absolute atomic E-state index is 13.9. The summed E-state index contributed by atoms with van der Waals surface area (Å²) < 4.78 is 13.9. The summed E-state index contributed by atoms with van der Waals surface area (Å²) in [6.45, 7) is 5.94. The summed E-state index contributed by atoms with van der Waals surface area (Å²) in [6.07, 6.45) is 2.60. The third-order valence-corrected chi connectivity index (χ3v) is 4.56. The average Bonchev–Trinajstić information content (AvgIpc) is 3.04. The van der Waals surface area contributed by atoms with E-state index in [1.54, 1.807) is 19.1 Å². The van der Waals surface area contributed by atoms with Crippen molar-refractivity contribution in [2.75, 3.05) is 6.54 Å². The van der Waals surface area contributed by atoms with Crippen molar-refractivity contribution in [1.29, 1.82) is 0 Å². The molecule has 0 saturated heterocycles. The maximum atomic E-state index is 13.9. The molecule has 126 valence electrons. The minimum absolute atomic E-state index is 0.105. The monoisotopic (exact) mass is 336 g/mol. The highest BCUT2D eigenvalue weighted by Gasteiger charge is 2.27. The summed E-state index contributed by atoms with van der Waals surface area (Å²) in [7, 11) is 0. The molecule has 5 nitrogen and oxygen atoms in total. The lowest BCUT2D eigenvalue weighted by molar-refractivity contribution is 0.0940. The molecule has 1 aromatic carbocycles. The number of aryl methyl sites for hydroxylation is 1. The molecule has 2 N–H and O–H groups in total. The summed E-state index contributed by atoms with van der Waals surface area (Å²) in [4.78, 5) is 23.9. The predicted octanol–water partition coefficient (Wildman–Crippen LogP) is 3.48. The van der Waals surface area contributed by atoms with E-state index in [4.69, 9.17) is 0 Å². The molecule has 1 aliphatic rings. The van der Waals surface area contributed by atoms with Crippen molar-refractivity contribution in [2.24, 2.45) is 0 Å². The van der Waals surface area contributed by atoms with Crippen LogP contribution < -0.4 is 5.32 Å². The Bertz CT molecular complexity index is 1010. The van der Waals surface area contributed by atoms with Gasteiger partial charge in [0.25, 0.3) is 5.91 Å². The van der Waals surface area contributed by atoms with Crippen molar-refractivity contribution in [3.8, 4) is 11.3 Å². The minimum Gasteiger partial charge on any atom is -0.357 e. The maximum Gasteiger partial charge on any atom is 0.253 e. The van der Waals surface area contributed by atoms with E-state index in [-0.39, 0.29) is 17.5 Å². The standard InChI is InChI=1S/C19H17FN4O/c1-3-5-11-9-21-19(25)13-8-15(23-16(11)13)12-6-4-7-14-17(12)24-18(20)10(2)22-14/h3-4,6-8,11,23H,1,5,9H2,2H3,(H,21,25)/t11-/m0/s1. The molecule has 1 aliphatic heterocycles. The number of aromatic amines is 1. The second-order valence-electron chi connectivity index (χ2n) is 6.21. The molecule has 6 heteroatoms. The van der Waals surface area contributed by atoms with Crippen LogP contribution in [0.4, 0.5) is 4.39 Å². The van der Waals surface area contributed by atoms with Crippen LogP contribution in [-0.2, 0) is 0 Å². The van der Waals surface area contributed by atoms with Crippen molar-refractivity contribution in [1.82, 2.24) is 20.3 Å². The zero-order valence-electron chi connectivity index (χ0n) is 13.8. The van der Waals surface area contributed by atoms with Crippen molar-refractivity contribution in [3.05, 3.63) is 59.8 Å². The molecule has 0 unspecified atom stereocenters. The number of halogens is 1. The fourth-order valence-corrected chi connectivity index (χ4v) is 3.30. The molecule has 3 heterocycles. The smallest absolute Gasteiger partial charge is 0.253 e. The molecular weight excluding hydrogens is 319 g/mol. The van der Waals surface area contributed by atoms with Crippen LogP contribution in [0.3, 0.4) is 0 Å². The Morgan fingerprint density at radius 3 is 3.00 bits per heavy atom. The van der Waals surface area contributed by atoms with E-state index in [0.29, 0.717) is 23.1 Å². The van der Waals surface area contributed by atoms with Crippen molar-refractivity contribution < 1.29 is 9.18 Å². The van der Waals surface area contributed by atoms with Crippen LogP contribution in [0.2, 0.25) is 0 Å². The van der Waals surface area contributed by atoms with Crippen molar-refractivity contribution >= 4 is 16.9 Å². The number of rotatable bonds is 3. The largest absolute Gasteiger partial charge is 0.357 e. The molecule has 1 atom stereocenters. The zero-order valence-corrected chi connectivity index (χ0v) is 13.8.